The molecule has 30 heavy (non-hydrogen) atoms. The number of nitrogens with one attached hydrogen (secondary N) is 1. The summed E-state index contributed by atoms with van der Waals surface area (Å²) in [7, 11) is 1.61. The Hall–Kier alpha value is -3.61. The Labute approximate surface area is 175 Å². The normalized spacial score (nSPS) is 10.5. The van der Waals surface area contributed by atoms with Crippen molar-refractivity contribution in [2.24, 2.45) is 0 Å². The van der Waals surface area contributed by atoms with Gasteiger partial charge in [-0.25, -0.2) is 4.79 Å². The van der Waals surface area contributed by atoms with Crippen molar-refractivity contribution in [1.29, 1.82) is 0 Å². The van der Waals surface area contributed by atoms with Gasteiger partial charge in [0.15, 0.2) is 0 Å². The smallest absolute Gasteiger partial charge is 0.340 e. The molecule has 0 saturated heterocycles. The van der Waals surface area contributed by atoms with Crippen molar-refractivity contribution >= 4 is 17.6 Å². The standard InChI is InChI=1S/C23H24N2O5/c1-15-20(16(2)30-25-15)14-29-23(27)19-6-4-5-7-21(19)24-22(26)13-10-17-8-11-18(28-3)12-9-17/h4-9,11-12H,10,13-14H2,1-3H3,(H,24,26). The molecule has 7 nitrogen and oxygen atoms in total. The summed E-state index contributed by atoms with van der Waals surface area (Å²) in [6, 6.07) is 14.3. The maximum Gasteiger partial charge on any atom is 0.340 e. The van der Waals surface area contributed by atoms with Crippen LogP contribution in [0, 0.1) is 13.8 Å². The lowest BCUT2D eigenvalue weighted by molar-refractivity contribution is -0.116. The van der Waals surface area contributed by atoms with Gasteiger partial charge in [-0.2, -0.15) is 0 Å². The van der Waals surface area contributed by atoms with E-state index in [-0.39, 0.29) is 18.9 Å². The molecule has 0 atom stereocenters. The highest BCUT2D eigenvalue weighted by Crippen LogP contribution is 2.20. The SMILES string of the molecule is COc1ccc(CCC(=O)Nc2ccccc2C(=O)OCc2c(C)noc2C)cc1. The van der Waals surface area contributed by atoms with Crippen LogP contribution in [0.2, 0.25) is 0 Å². The summed E-state index contributed by atoms with van der Waals surface area (Å²) in [4.78, 5) is 25.0. The van der Waals surface area contributed by atoms with E-state index < -0.39 is 5.97 Å². The third-order valence-electron chi connectivity index (χ3n) is 4.75. The first-order chi connectivity index (χ1) is 14.5. The van der Waals surface area contributed by atoms with E-state index in [0.717, 1.165) is 16.9 Å². The monoisotopic (exact) mass is 408 g/mol. The number of rotatable bonds is 8. The van der Waals surface area contributed by atoms with Crippen molar-refractivity contribution in [3.05, 3.63) is 76.7 Å². The number of hydrogen-bond donors (Lipinski definition) is 1. The number of methoxy groups -OCH3 is 1. The molecule has 7 heteroatoms. The second-order valence-electron chi connectivity index (χ2n) is 6.82. The highest BCUT2D eigenvalue weighted by molar-refractivity contribution is 6.01. The highest BCUT2D eigenvalue weighted by atomic mass is 16.5. The molecule has 156 valence electrons. The van der Waals surface area contributed by atoms with Crippen LogP contribution in [-0.2, 0) is 22.6 Å². The Kier molecular flexibility index (Phi) is 6.85. The van der Waals surface area contributed by atoms with Gasteiger partial charge in [-0.15, -0.1) is 0 Å². The number of esters is 1. The predicted octanol–water partition coefficient (Wildman–Crippen LogP) is 4.23. The van der Waals surface area contributed by atoms with Crippen molar-refractivity contribution in [2.75, 3.05) is 12.4 Å². The van der Waals surface area contributed by atoms with Gasteiger partial charge >= 0.3 is 5.97 Å². The number of nitrogens with zero attached hydrogens (tertiary/aromatic N) is 1. The summed E-state index contributed by atoms with van der Waals surface area (Å²) < 4.78 is 15.6. The first-order valence-corrected chi connectivity index (χ1v) is 9.58. The molecule has 3 aromatic rings. The van der Waals surface area contributed by atoms with E-state index in [1.807, 2.05) is 24.3 Å². The Morgan fingerprint density at radius 1 is 1.07 bits per heavy atom. The summed E-state index contributed by atoms with van der Waals surface area (Å²) in [6.45, 7) is 3.61. The summed E-state index contributed by atoms with van der Waals surface area (Å²) in [5.41, 5.74) is 3.16. The molecule has 2 aromatic carbocycles. The lowest BCUT2D eigenvalue weighted by Crippen LogP contribution is -2.16. The third-order valence-corrected chi connectivity index (χ3v) is 4.75. The topological polar surface area (TPSA) is 90.7 Å². The van der Waals surface area contributed by atoms with E-state index in [2.05, 4.69) is 10.5 Å². The molecule has 0 spiro atoms. The first kappa shape index (κ1) is 21.1. The fourth-order valence-corrected chi connectivity index (χ4v) is 2.96. The average molecular weight is 408 g/mol. The number of carbonyl (C=O) groups is 2. The van der Waals surface area contributed by atoms with Crippen LogP contribution in [0.5, 0.6) is 5.75 Å². The fourth-order valence-electron chi connectivity index (χ4n) is 2.96. The van der Waals surface area contributed by atoms with E-state index in [9.17, 15) is 9.59 Å². The first-order valence-electron chi connectivity index (χ1n) is 9.58. The minimum Gasteiger partial charge on any atom is -0.497 e. The summed E-state index contributed by atoms with van der Waals surface area (Å²) >= 11 is 0. The number of aromatic nitrogens is 1. The number of ether oxygens (including phenoxy) is 2. The molecule has 1 heterocycles. The molecular formula is C23H24N2O5. The second-order valence-corrected chi connectivity index (χ2v) is 6.82. The summed E-state index contributed by atoms with van der Waals surface area (Å²) in [5.74, 6) is 0.672. The molecule has 0 fully saturated rings. The molecule has 1 aromatic heterocycles. The number of carbonyl (C=O) groups excluding carboxylic acids is 2. The van der Waals surface area contributed by atoms with Gasteiger partial charge in [0.05, 0.1) is 29.6 Å². The fraction of sp³-hybridized carbons (Fsp3) is 0.261. The van der Waals surface area contributed by atoms with Crippen LogP contribution < -0.4 is 10.1 Å². The zero-order chi connectivity index (χ0) is 21.5. The van der Waals surface area contributed by atoms with Gasteiger partial charge in [0, 0.05) is 6.42 Å². The third kappa shape index (κ3) is 5.26. The van der Waals surface area contributed by atoms with Crippen molar-refractivity contribution in [3.63, 3.8) is 0 Å². The molecule has 0 bridgehead atoms. The number of hydrogen-bond acceptors (Lipinski definition) is 6. The lowest BCUT2D eigenvalue weighted by Gasteiger charge is -2.11. The molecule has 0 aliphatic carbocycles. The number of para-hydroxylation sites is 1. The van der Waals surface area contributed by atoms with Crippen molar-refractivity contribution in [2.45, 2.75) is 33.3 Å². The number of amides is 1. The Morgan fingerprint density at radius 3 is 2.47 bits per heavy atom. The minimum atomic E-state index is -0.527. The average Bonchev–Trinajstić information content (AvgIpc) is 3.08. The van der Waals surface area contributed by atoms with Crippen molar-refractivity contribution < 1.29 is 23.6 Å². The van der Waals surface area contributed by atoms with Crippen LogP contribution in [0.1, 0.15) is 39.4 Å². The largest absolute Gasteiger partial charge is 0.497 e. The van der Waals surface area contributed by atoms with Gasteiger partial charge in [0.2, 0.25) is 5.91 Å². The molecular weight excluding hydrogens is 384 g/mol. The van der Waals surface area contributed by atoms with Gasteiger partial charge < -0.3 is 19.3 Å². The van der Waals surface area contributed by atoms with Crippen LogP contribution in [0.3, 0.4) is 0 Å². The summed E-state index contributed by atoms with van der Waals surface area (Å²) in [5, 5.41) is 6.65. The molecule has 0 aliphatic rings. The van der Waals surface area contributed by atoms with Crippen LogP contribution in [0.4, 0.5) is 5.69 Å². The maximum absolute atomic E-state index is 12.6. The molecule has 0 saturated carbocycles. The molecule has 0 unspecified atom stereocenters. The van der Waals surface area contributed by atoms with E-state index in [4.69, 9.17) is 14.0 Å². The predicted molar refractivity (Wildman–Crippen MR) is 111 cm³/mol. The van der Waals surface area contributed by atoms with Crippen LogP contribution >= 0.6 is 0 Å². The van der Waals surface area contributed by atoms with Gasteiger partial charge in [0.25, 0.3) is 0 Å². The molecule has 1 amide bonds. The van der Waals surface area contributed by atoms with Crippen molar-refractivity contribution in [3.8, 4) is 5.75 Å². The molecule has 3 rings (SSSR count). The second kappa shape index (κ2) is 9.73. The number of benzene rings is 2. The maximum atomic E-state index is 12.6. The Morgan fingerprint density at radius 2 is 1.80 bits per heavy atom. The number of aryl methyl sites for hydroxylation is 3. The van der Waals surface area contributed by atoms with E-state index in [0.29, 0.717) is 29.1 Å². The van der Waals surface area contributed by atoms with E-state index >= 15 is 0 Å². The molecule has 1 N–H and O–H groups in total. The Bertz CT molecular complexity index is 1000. The van der Waals surface area contributed by atoms with Gasteiger partial charge in [-0.1, -0.05) is 29.4 Å². The van der Waals surface area contributed by atoms with Gasteiger partial charge in [-0.05, 0) is 50.1 Å². The Balaban J connectivity index is 1.59. The summed E-state index contributed by atoms with van der Waals surface area (Å²) in [6.07, 6.45) is 0.864. The molecule has 0 radical (unpaired) electrons. The van der Waals surface area contributed by atoms with E-state index in [1.165, 1.54) is 0 Å². The number of anilines is 1. The lowest BCUT2D eigenvalue weighted by atomic mass is 10.1. The quantitative estimate of drug-likeness (QED) is 0.561. The van der Waals surface area contributed by atoms with Crippen LogP contribution in [-0.4, -0.2) is 24.1 Å². The zero-order valence-electron chi connectivity index (χ0n) is 17.2. The highest BCUT2D eigenvalue weighted by Gasteiger charge is 2.17. The zero-order valence-corrected chi connectivity index (χ0v) is 17.2. The van der Waals surface area contributed by atoms with Crippen LogP contribution in [0.25, 0.3) is 0 Å². The van der Waals surface area contributed by atoms with Gasteiger partial charge in [-0.3, -0.25) is 4.79 Å². The van der Waals surface area contributed by atoms with Crippen molar-refractivity contribution in [1.82, 2.24) is 5.16 Å². The van der Waals surface area contributed by atoms with E-state index in [1.54, 1.807) is 45.2 Å². The van der Waals surface area contributed by atoms with Crippen LogP contribution in [0.15, 0.2) is 53.1 Å². The molecule has 0 aliphatic heterocycles. The minimum absolute atomic E-state index is 0.0553. The van der Waals surface area contributed by atoms with Gasteiger partial charge in [0.1, 0.15) is 18.1 Å².